The van der Waals surface area contributed by atoms with Crippen molar-refractivity contribution in [1.29, 1.82) is 0 Å². The first-order valence-electron chi connectivity index (χ1n) is 9.73. The van der Waals surface area contributed by atoms with E-state index >= 15 is 0 Å². The number of nitrogens with two attached hydrogens (primary N) is 1. The second-order valence-electron chi connectivity index (χ2n) is 6.93. The van der Waals surface area contributed by atoms with Crippen molar-refractivity contribution >= 4 is 45.8 Å². The van der Waals surface area contributed by atoms with E-state index in [9.17, 15) is 4.79 Å². The van der Waals surface area contributed by atoms with Crippen molar-refractivity contribution in [1.82, 2.24) is 14.6 Å². The third kappa shape index (κ3) is 3.49. The fraction of sp³-hybridized carbons (Fsp3) is 0. The number of nitrogens with one attached hydrogen (secondary N) is 1. The fourth-order valence-electron chi connectivity index (χ4n) is 3.37. The molecule has 7 heteroatoms. The Morgan fingerprint density at radius 1 is 0.871 bits per heavy atom. The topological polar surface area (TPSA) is 98.2 Å². The highest BCUT2D eigenvalue weighted by Crippen LogP contribution is 2.28. The number of fused-ring (bicyclic) bond motifs is 2. The highest BCUT2D eigenvalue weighted by atomic mass is 16.1. The minimum absolute atomic E-state index is 0.172. The van der Waals surface area contributed by atoms with Crippen molar-refractivity contribution in [3.63, 3.8) is 0 Å². The van der Waals surface area contributed by atoms with E-state index in [1.165, 1.54) is 4.68 Å². The van der Waals surface area contributed by atoms with Gasteiger partial charge in [-0.25, -0.2) is 9.97 Å². The van der Waals surface area contributed by atoms with Gasteiger partial charge in [0.1, 0.15) is 16.9 Å². The Labute approximate surface area is 177 Å². The Balaban J connectivity index is 1.68. The lowest BCUT2D eigenvalue weighted by Crippen LogP contribution is -2.14. The molecule has 0 aliphatic carbocycles. The summed E-state index contributed by atoms with van der Waals surface area (Å²) in [6, 6.07) is 26.3. The Kier molecular flexibility index (Phi) is 4.61. The van der Waals surface area contributed by atoms with E-state index in [0.717, 1.165) is 5.56 Å². The molecule has 0 saturated heterocycles. The Morgan fingerprint density at radius 3 is 2.19 bits per heavy atom. The van der Waals surface area contributed by atoms with Crippen LogP contribution >= 0.6 is 0 Å². The van der Waals surface area contributed by atoms with Crippen LogP contribution in [0.1, 0.15) is 15.9 Å². The number of amides is 1. The SMILES string of the molecule is Nc1c(C(=O)Nc2ccccc2)c2nc3ccccc3nc2n1/N=C/c1ccccc1. The molecule has 2 heterocycles. The van der Waals surface area contributed by atoms with E-state index in [4.69, 9.17) is 5.73 Å². The average molecular weight is 406 g/mol. The van der Waals surface area contributed by atoms with Crippen LogP contribution in [0.25, 0.3) is 22.2 Å². The first-order valence-corrected chi connectivity index (χ1v) is 9.73. The maximum Gasteiger partial charge on any atom is 0.261 e. The normalized spacial score (nSPS) is 11.4. The predicted molar refractivity (Wildman–Crippen MR) is 123 cm³/mol. The van der Waals surface area contributed by atoms with Crippen molar-refractivity contribution in [2.45, 2.75) is 0 Å². The molecule has 0 radical (unpaired) electrons. The van der Waals surface area contributed by atoms with Gasteiger partial charge in [-0.05, 0) is 29.8 Å². The smallest absolute Gasteiger partial charge is 0.261 e. The zero-order valence-corrected chi connectivity index (χ0v) is 16.4. The number of carbonyl (C=O) groups excluding carboxylic acids is 1. The standard InChI is InChI=1S/C24H18N6O/c25-22-20(24(31)27-17-11-5-2-6-12-17)21-23(29-19-14-8-7-13-18(19)28-21)30(22)26-15-16-9-3-1-4-10-16/h1-15H,25H2,(H,27,31)/b26-15+. The Morgan fingerprint density at radius 2 is 1.48 bits per heavy atom. The van der Waals surface area contributed by atoms with Crippen molar-refractivity contribution in [3.05, 3.63) is 96.1 Å². The van der Waals surface area contributed by atoms with E-state index in [2.05, 4.69) is 20.4 Å². The summed E-state index contributed by atoms with van der Waals surface area (Å²) in [5.41, 5.74) is 10.4. The van der Waals surface area contributed by atoms with Crippen LogP contribution < -0.4 is 11.1 Å². The molecular formula is C24H18N6O. The maximum atomic E-state index is 13.1. The van der Waals surface area contributed by atoms with Gasteiger partial charge < -0.3 is 11.1 Å². The van der Waals surface area contributed by atoms with Gasteiger partial charge in [0.25, 0.3) is 5.91 Å². The van der Waals surface area contributed by atoms with Crippen molar-refractivity contribution in [3.8, 4) is 0 Å². The minimum atomic E-state index is -0.369. The van der Waals surface area contributed by atoms with Crippen LogP contribution in [-0.2, 0) is 0 Å². The molecule has 2 aromatic heterocycles. The number of hydrogen-bond donors (Lipinski definition) is 2. The first kappa shape index (κ1) is 18.5. The van der Waals surface area contributed by atoms with Crippen LogP contribution in [0, 0.1) is 0 Å². The number of benzene rings is 3. The van der Waals surface area contributed by atoms with E-state index in [-0.39, 0.29) is 17.3 Å². The molecule has 31 heavy (non-hydrogen) atoms. The molecule has 5 aromatic rings. The zero-order valence-electron chi connectivity index (χ0n) is 16.4. The Hall–Kier alpha value is -4.52. The molecule has 7 nitrogen and oxygen atoms in total. The summed E-state index contributed by atoms with van der Waals surface area (Å²) in [5, 5.41) is 7.38. The number of hydrogen-bond acceptors (Lipinski definition) is 5. The van der Waals surface area contributed by atoms with E-state index in [0.29, 0.717) is 27.9 Å². The fourth-order valence-corrected chi connectivity index (χ4v) is 3.37. The quantitative estimate of drug-likeness (QED) is 0.435. The van der Waals surface area contributed by atoms with Crippen LogP contribution in [0.2, 0.25) is 0 Å². The number of para-hydroxylation sites is 3. The van der Waals surface area contributed by atoms with Crippen molar-refractivity contribution in [2.75, 3.05) is 11.1 Å². The van der Waals surface area contributed by atoms with Gasteiger partial charge in [0.05, 0.1) is 17.2 Å². The van der Waals surface area contributed by atoms with Crippen LogP contribution in [0.15, 0.2) is 90.0 Å². The first-order chi connectivity index (χ1) is 15.2. The molecule has 5 rings (SSSR count). The maximum absolute atomic E-state index is 13.1. The minimum Gasteiger partial charge on any atom is -0.383 e. The van der Waals surface area contributed by atoms with Crippen molar-refractivity contribution < 1.29 is 4.79 Å². The molecule has 0 saturated carbocycles. The molecular weight excluding hydrogens is 388 g/mol. The van der Waals surface area contributed by atoms with Gasteiger partial charge in [-0.3, -0.25) is 4.79 Å². The molecule has 3 N–H and O–H groups in total. The summed E-state index contributed by atoms with van der Waals surface area (Å²) in [6.07, 6.45) is 1.67. The molecule has 0 unspecified atom stereocenters. The molecule has 0 spiro atoms. The zero-order chi connectivity index (χ0) is 21.2. The number of carbonyl (C=O) groups is 1. The van der Waals surface area contributed by atoms with Crippen LogP contribution in [0.4, 0.5) is 11.5 Å². The van der Waals surface area contributed by atoms with Gasteiger partial charge in [-0.15, -0.1) is 0 Å². The van der Waals surface area contributed by atoms with Gasteiger partial charge in [0, 0.05) is 5.69 Å². The van der Waals surface area contributed by atoms with Crippen LogP contribution in [-0.4, -0.2) is 26.8 Å². The van der Waals surface area contributed by atoms with E-state index in [1.54, 1.807) is 6.21 Å². The summed E-state index contributed by atoms with van der Waals surface area (Å²) in [6.45, 7) is 0. The summed E-state index contributed by atoms with van der Waals surface area (Å²) >= 11 is 0. The lowest BCUT2D eigenvalue weighted by Gasteiger charge is -2.05. The van der Waals surface area contributed by atoms with E-state index in [1.807, 2.05) is 84.9 Å². The third-order valence-corrected chi connectivity index (χ3v) is 4.85. The van der Waals surface area contributed by atoms with Gasteiger partial charge in [0.2, 0.25) is 0 Å². The number of rotatable bonds is 4. The molecule has 0 bridgehead atoms. The van der Waals surface area contributed by atoms with Gasteiger partial charge in [-0.1, -0.05) is 60.7 Å². The number of anilines is 2. The molecule has 0 fully saturated rings. The largest absolute Gasteiger partial charge is 0.383 e. The molecule has 3 aromatic carbocycles. The molecule has 0 aliphatic rings. The summed E-state index contributed by atoms with van der Waals surface area (Å²) in [7, 11) is 0. The highest BCUT2D eigenvalue weighted by molar-refractivity contribution is 6.16. The van der Waals surface area contributed by atoms with Gasteiger partial charge in [-0.2, -0.15) is 9.78 Å². The van der Waals surface area contributed by atoms with Gasteiger partial charge in [0.15, 0.2) is 5.65 Å². The average Bonchev–Trinajstić information content (AvgIpc) is 3.07. The molecule has 150 valence electrons. The summed E-state index contributed by atoms with van der Waals surface area (Å²) in [4.78, 5) is 22.5. The molecule has 0 atom stereocenters. The second-order valence-corrected chi connectivity index (χ2v) is 6.93. The van der Waals surface area contributed by atoms with E-state index < -0.39 is 0 Å². The highest BCUT2D eigenvalue weighted by Gasteiger charge is 2.24. The number of nitrogens with zero attached hydrogens (tertiary/aromatic N) is 4. The summed E-state index contributed by atoms with van der Waals surface area (Å²) in [5.74, 6) is -0.196. The second kappa shape index (κ2) is 7.72. The van der Waals surface area contributed by atoms with Gasteiger partial charge >= 0.3 is 0 Å². The number of nitrogen functional groups attached to an aromatic ring is 1. The molecule has 1 amide bonds. The third-order valence-electron chi connectivity index (χ3n) is 4.85. The molecule has 0 aliphatic heterocycles. The van der Waals surface area contributed by atoms with Crippen molar-refractivity contribution in [2.24, 2.45) is 5.10 Å². The Bertz CT molecular complexity index is 1420. The van der Waals surface area contributed by atoms with Crippen LogP contribution in [0.5, 0.6) is 0 Å². The lowest BCUT2D eigenvalue weighted by molar-refractivity contribution is 0.102. The predicted octanol–water partition coefficient (Wildman–Crippen LogP) is 4.30. The summed E-state index contributed by atoms with van der Waals surface area (Å²) < 4.78 is 1.46. The number of aromatic nitrogens is 3. The monoisotopic (exact) mass is 406 g/mol. The van der Waals surface area contributed by atoms with Crippen LogP contribution in [0.3, 0.4) is 0 Å². The lowest BCUT2D eigenvalue weighted by atomic mass is 10.2.